The second-order valence-corrected chi connectivity index (χ2v) is 17.6. The van der Waals surface area contributed by atoms with E-state index >= 15 is 0 Å². The number of aryl methyl sites for hydroxylation is 2. The zero-order valence-electron chi connectivity index (χ0n) is 42.4. The topological polar surface area (TPSA) is 170 Å². The van der Waals surface area contributed by atoms with Crippen LogP contribution >= 0.6 is 0 Å². The molecule has 1 unspecified atom stereocenters. The molecular formula is C54H46F12N6O8. The van der Waals surface area contributed by atoms with Crippen LogP contribution in [0.2, 0.25) is 0 Å². The number of carbonyl (C=O) groups excluding carboxylic acids is 1. The highest BCUT2D eigenvalue weighted by Gasteiger charge is 2.34. The standard InChI is InChI=1S/C27H23F6N3O4.C19H18F3N3O3.C8H5F3O/c1-3-4-12-36-24(38)21-20(22(37)15-8-10-16(11-9-15)26(28,29)30)19(14-34-23(21)35(2)25(36)39)40-18-7-5-6-17(13-18)27(31,32)33;1-3-4-8-25-17(26)15-10-14(11-23-16(15)24(2)18(25)27)28-13-7-5-6-12(9-13)19(20,21)22;9-8(10,11)7-3-1-6(5-12)2-4-7/h5-11,13-14,22,37H,3-4,12H2,1-2H3;5-7,9-11H,3-4,8H2,1-2H3;1-5H. The number of aliphatic hydroxyl groups excluding tert-OH is 1. The molecule has 26 heteroatoms. The number of unbranched alkanes of at least 4 members (excludes halogenated alkanes) is 2. The van der Waals surface area contributed by atoms with Gasteiger partial charge in [0.15, 0.2) is 5.75 Å². The van der Waals surface area contributed by atoms with E-state index in [1.165, 1.54) is 49.1 Å². The van der Waals surface area contributed by atoms with Crippen LogP contribution in [0.15, 0.2) is 135 Å². The van der Waals surface area contributed by atoms with Gasteiger partial charge >= 0.3 is 36.1 Å². The number of halogens is 12. The fourth-order valence-electron chi connectivity index (χ4n) is 7.77. The van der Waals surface area contributed by atoms with E-state index in [4.69, 9.17) is 9.47 Å². The van der Waals surface area contributed by atoms with Crippen LogP contribution in [0.3, 0.4) is 0 Å². The van der Waals surface area contributed by atoms with Crippen molar-refractivity contribution in [3.63, 3.8) is 0 Å². The highest BCUT2D eigenvalue weighted by atomic mass is 19.4. The summed E-state index contributed by atoms with van der Waals surface area (Å²) in [6, 6.07) is 17.2. The monoisotopic (exact) mass is 1130 g/mol. The van der Waals surface area contributed by atoms with Crippen LogP contribution in [0.1, 0.15) is 89.4 Å². The van der Waals surface area contributed by atoms with Gasteiger partial charge in [-0.25, -0.2) is 19.6 Å². The summed E-state index contributed by atoms with van der Waals surface area (Å²) < 4.78 is 169. The van der Waals surface area contributed by atoms with Crippen LogP contribution < -0.4 is 32.0 Å². The van der Waals surface area contributed by atoms with Crippen molar-refractivity contribution in [3.05, 3.63) is 196 Å². The molecule has 4 heterocycles. The summed E-state index contributed by atoms with van der Waals surface area (Å²) in [5.41, 5.74) is -6.15. The van der Waals surface area contributed by atoms with E-state index in [-0.39, 0.29) is 74.8 Å². The molecule has 0 bridgehead atoms. The van der Waals surface area contributed by atoms with E-state index in [1.54, 1.807) is 0 Å². The minimum Gasteiger partial charge on any atom is -0.456 e. The van der Waals surface area contributed by atoms with Gasteiger partial charge < -0.3 is 14.6 Å². The highest BCUT2D eigenvalue weighted by molar-refractivity contribution is 5.82. The maximum atomic E-state index is 13.6. The van der Waals surface area contributed by atoms with E-state index < -0.39 is 75.6 Å². The van der Waals surface area contributed by atoms with Crippen molar-refractivity contribution in [1.29, 1.82) is 0 Å². The first-order valence-corrected chi connectivity index (χ1v) is 23.9. The normalized spacial score (nSPS) is 12.3. The van der Waals surface area contributed by atoms with Crippen LogP contribution in [-0.4, -0.2) is 39.6 Å². The largest absolute Gasteiger partial charge is 0.456 e. The number of ether oxygens (including phenoxy) is 2. The Labute approximate surface area is 444 Å². The number of nitrogens with zero attached hydrogens (tertiary/aromatic N) is 6. The van der Waals surface area contributed by atoms with E-state index in [0.29, 0.717) is 31.6 Å². The second-order valence-electron chi connectivity index (χ2n) is 17.6. The molecule has 0 saturated heterocycles. The van der Waals surface area contributed by atoms with Gasteiger partial charge in [0.05, 0.1) is 45.4 Å². The lowest BCUT2D eigenvalue weighted by Crippen LogP contribution is -2.40. The third kappa shape index (κ3) is 14.2. The third-order valence-corrected chi connectivity index (χ3v) is 12.0. The number of pyridine rings is 2. The van der Waals surface area contributed by atoms with Gasteiger partial charge in [-0.05, 0) is 85.1 Å². The summed E-state index contributed by atoms with van der Waals surface area (Å²) in [6.45, 7) is 4.10. The number of carbonyl (C=O) groups is 1. The summed E-state index contributed by atoms with van der Waals surface area (Å²) in [7, 11) is 2.86. The van der Waals surface area contributed by atoms with Crippen molar-refractivity contribution in [2.24, 2.45) is 14.1 Å². The lowest BCUT2D eigenvalue weighted by atomic mass is 9.97. The number of benzene rings is 4. The lowest BCUT2D eigenvalue weighted by Gasteiger charge is -2.20. The first-order chi connectivity index (χ1) is 37.5. The maximum Gasteiger partial charge on any atom is 0.416 e. The molecule has 0 saturated carbocycles. The summed E-state index contributed by atoms with van der Waals surface area (Å²) in [4.78, 5) is 69.8. The average molecular weight is 1130 g/mol. The second kappa shape index (κ2) is 24.6. The molecule has 14 nitrogen and oxygen atoms in total. The molecule has 4 aromatic heterocycles. The van der Waals surface area contributed by atoms with Crippen molar-refractivity contribution in [2.75, 3.05) is 0 Å². The number of rotatable bonds is 13. The smallest absolute Gasteiger partial charge is 0.416 e. The van der Waals surface area contributed by atoms with E-state index in [1.807, 2.05) is 13.8 Å². The Morgan fingerprint density at radius 2 is 1.00 bits per heavy atom. The predicted octanol–water partition coefficient (Wildman–Crippen LogP) is 12.0. The van der Waals surface area contributed by atoms with Gasteiger partial charge in [-0.2, -0.15) is 52.7 Å². The Bertz CT molecular complexity index is 3750. The van der Waals surface area contributed by atoms with Crippen molar-refractivity contribution in [2.45, 2.75) is 83.4 Å². The minimum absolute atomic E-state index is 0.0342. The summed E-state index contributed by atoms with van der Waals surface area (Å²) in [5, 5.41) is 11.3. The molecule has 0 aliphatic heterocycles. The molecule has 1 N–H and O–H groups in total. The Balaban J connectivity index is 0.000000222. The molecule has 8 aromatic rings. The predicted molar refractivity (Wildman–Crippen MR) is 268 cm³/mol. The van der Waals surface area contributed by atoms with Gasteiger partial charge in [0, 0.05) is 38.3 Å². The summed E-state index contributed by atoms with van der Waals surface area (Å²) in [5.74, 6) is -0.554. The molecule has 0 spiro atoms. The molecular weight excluding hydrogens is 1090 g/mol. The van der Waals surface area contributed by atoms with Crippen LogP contribution in [0.4, 0.5) is 52.7 Å². The third-order valence-electron chi connectivity index (χ3n) is 12.0. The molecule has 0 aliphatic carbocycles. The zero-order valence-corrected chi connectivity index (χ0v) is 42.4. The molecule has 0 aliphatic rings. The maximum absolute atomic E-state index is 13.6. The number of hydrogen-bond acceptors (Lipinski definition) is 10. The van der Waals surface area contributed by atoms with Crippen LogP contribution in [-0.2, 0) is 51.9 Å². The Kier molecular flexibility index (Phi) is 18.7. The number of fused-ring (bicyclic) bond motifs is 2. The number of aldehydes is 1. The summed E-state index contributed by atoms with van der Waals surface area (Å²) >= 11 is 0. The van der Waals surface area contributed by atoms with E-state index in [0.717, 1.165) is 99.1 Å². The van der Waals surface area contributed by atoms with Gasteiger partial charge in [0.2, 0.25) is 0 Å². The zero-order chi connectivity index (χ0) is 59.1. The first-order valence-electron chi connectivity index (χ1n) is 23.9. The van der Waals surface area contributed by atoms with Crippen molar-refractivity contribution < 1.29 is 72.1 Å². The number of alkyl halides is 12. The SMILES string of the molecule is CCCCn1c(=O)c2c(C(O)c3ccc(C(F)(F)F)cc3)c(Oc3cccc(C(F)(F)F)c3)cnc2n(C)c1=O.CCCCn1c(=O)c2cc(Oc3cccc(C(F)(F)F)c3)cnc2n(C)c1=O.O=Cc1ccc(C(F)(F)F)cc1. The molecule has 0 fully saturated rings. The number of hydrogen-bond donors (Lipinski definition) is 1. The molecule has 0 radical (unpaired) electrons. The fourth-order valence-corrected chi connectivity index (χ4v) is 7.77. The van der Waals surface area contributed by atoms with E-state index in [2.05, 4.69) is 9.97 Å². The van der Waals surface area contributed by atoms with Gasteiger partial charge in [0.1, 0.15) is 40.9 Å². The van der Waals surface area contributed by atoms with Gasteiger partial charge in [-0.15, -0.1) is 0 Å². The Morgan fingerprint density at radius 1 is 0.550 bits per heavy atom. The Hall–Kier alpha value is -8.55. The van der Waals surface area contributed by atoms with Crippen molar-refractivity contribution in [3.8, 4) is 23.0 Å². The highest BCUT2D eigenvalue weighted by Crippen LogP contribution is 2.40. The van der Waals surface area contributed by atoms with Crippen LogP contribution in [0.5, 0.6) is 23.0 Å². The molecule has 4 aromatic carbocycles. The average Bonchev–Trinajstić information content (AvgIpc) is 3.41. The molecule has 1 atom stereocenters. The summed E-state index contributed by atoms with van der Waals surface area (Å²) in [6.07, 6.45) is -14.6. The number of aliphatic hydroxyl groups is 1. The van der Waals surface area contributed by atoms with Gasteiger partial charge in [-0.3, -0.25) is 32.7 Å². The van der Waals surface area contributed by atoms with Crippen LogP contribution in [0.25, 0.3) is 22.1 Å². The van der Waals surface area contributed by atoms with Gasteiger partial charge in [-0.1, -0.05) is 63.1 Å². The Morgan fingerprint density at radius 3 is 1.48 bits per heavy atom. The molecule has 80 heavy (non-hydrogen) atoms. The van der Waals surface area contributed by atoms with Crippen LogP contribution in [0, 0.1) is 0 Å². The van der Waals surface area contributed by atoms with E-state index in [9.17, 15) is 81.8 Å². The van der Waals surface area contributed by atoms with Gasteiger partial charge in [0.25, 0.3) is 11.1 Å². The quantitative estimate of drug-likeness (QED) is 0.0866. The molecule has 424 valence electrons. The molecule has 8 rings (SSSR count). The minimum atomic E-state index is -4.69. The first kappa shape index (κ1) is 60.7. The number of aromatic nitrogens is 6. The fraction of sp³-hybridized carbons (Fsp3) is 0.278. The molecule has 0 amide bonds. The van der Waals surface area contributed by atoms with Crippen molar-refractivity contribution in [1.82, 2.24) is 28.2 Å². The van der Waals surface area contributed by atoms with Crippen molar-refractivity contribution >= 4 is 28.4 Å². The lowest BCUT2D eigenvalue weighted by molar-refractivity contribution is -0.138.